The van der Waals surface area contributed by atoms with Crippen molar-refractivity contribution < 1.29 is 0 Å². The molecule has 2 aromatic carbocycles. The fourth-order valence-electron chi connectivity index (χ4n) is 2.95. The van der Waals surface area contributed by atoms with Gasteiger partial charge >= 0.3 is 0 Å². The third-order valence-electron chi connectivity index (χ3n) is 3.90. The summed E-state index contributed by atoms with van der Waals surface area (Å²) in [7, 11) is 0. The van der Waals surface area contributed by atoms with Crippen LogP contribution in [0.15, 0.2) is 48.5 Å². The zero-order chi connectivity index (χ0) is 13.5. The Balaban J connectivity index is 1.90. The molecular formula is C17H13ClN2. The van der Waals surface area contributed by atoms with Gasteiger partial charge in [0, 0.05) is 21.7 Å². The summed E-state index contributed by atoms with van der Waals surface area (Å²) in [6, 6.07) is 16.4. The lowest BCUT2D eigenvalue weighted by Crippen LogP contribution is -2.03. The van der Waals surface area contributed by atoms with E-state index in [4.69, 9.17) is 11.6 Å². The first-order valence-corrected chi connectivity index (χ1v) is 7.12. The molecule has 0 saturated heterocycles. The fourth-order valence-corrected chi connectivity index (χ4v) is 3.14. The number of halogens is 1. The van der Waals surface area contributed by atoms with E-state index in [0.29, 0.717) is 0 Å². The standard InChI is InChI=1S/C17H13ClN2/c18-13-6-3-5-12(10-13)16-15-9-8-11-4-1-2-7-14(11)17(15)20-19-16/h1-7,10H,8-9H2,(H,19,20). The average molecular weight is 281 g/mol. The Labute approximate surface area is 122 Å². The van der Waals surface area contributed by atoms with Crippen LogP contribution in [0.25, 0.3) is 22.5 Å². The molecule has 1 aliphatic carbocycles. The number of hydrogen-bond donors (Lipinski definition) is 1. The van der Waals surface area contributed by atoms with Crippen molar-refractivity contribution in [1.82, 2.24) is 10.2 Å². The molecule has 20 heavy (non-hydrogen) atoms. The van der Waals surface area contributed by atoms with E-state index in [0.717, 1.165) is 34.8 Å². The lowest BCUT2D eigenvalue weighted by molar-refractivity contribution is 0.943. The highest BCUT2D eigenvalue weighted by atomic mass is 35.5. The quantitative estimate of drug-likeness (QED) is 0.699. The molecule has 2 nitrogen and oxygen atoms in total. The number of hydrogen-bond acceptors (Lipinski definition) is 1. The van der Waals surface area contributed by atoms with Crippen molar-refractivity contribution >= 4 is 11.6 Å². The monoisotopic (exact) mass is 280 g/mol. The zero-order valence-electron chi connectivity index (χ0n) is 10.9. The van der Waals surface area contributed by atoms with Crippen LogP contribution in [0.4, 0.5) is 0 Å². The van der Waals surface area contributed by atoms with Crippen molar-refractivity contribution in [1.29, 1.82) is 0 Å². The van der Waals surface area contributed by atoms with Gasteiger partial charge in [-0.1, -0.05) is 48.0 Å². The van der Waals surface area contributed by atoms with Crippen LogP contribution in [0.1, 0.15) is 11.1 Å². The highest BCUT2D eigenvalue weighted by Gasteiger charge is 2.22. The third kappa shape index (κ3) is 1.76. The number of aromatic nitrogens is 2. The molecule has 1 aromatic heterocycles. The van der Waals surface area contributed by atoms with E-state index in [1.807, 2.05) is 18.2 Å². The lowest BCUT2D eigenvalue weighted by atomic mass is 9.88. The maximum atomic E-state index is 6.09. The van der Waals surface area contributed by atoms with Crippen molar-refractivity contribution in [3.8, 4) is 22.5 Å². The van der Waals surface area contributed by atoms with Crippen molar-refractivity contribution in [2.24, 2.45) is 0 Å². The van der Waals surface area contributed by atoms with Gasteiger partial charge in [-0.05, 0) is 30.5 Å². The van der Waals surface area contributed by atoms with Gasteiger partial charge < -0.3 is 0 Å². The first kappa shape index (κ1) is 11.7. The van der Waals surface area contributed by atoms with Crippen molar-refractivity contribution in [3.05, 3.63) is 64.7 Å². The minimum atomic E-state index is 0.746. The minimum absolute atomic E-state index is 0.746. The number of aryl methyl sites for hydroxylation is 1. The summed E-state index contributed by atoms with van der Waals surface area (Å²) in [5, 5.41) is 8.48. The topological polar surface area (TPSA) is 28.7 Å². The second-order valence-corrected chi connectivity index (χ2v) is 5.53. The predicted molar refractivity (Wildman–Crippen MR) is 81.9 cm³/mol. The second-order valence-electron chi connectivity index (χ2n) is 5.09. The fraction of sp³-hybridized carbons (Fsp3) is 0.118. The van der Waals surface area contributed by atoms with Gasteiger partial charge in [-0.25, -0.2) is 0 Å². The molecular weight excluding hydrogens is 268 g/mol. The lowest BCUT2D eigenvalue weighted by Gasteiger charge is -2.16. The predicted octanol–water partition coefficient (Wildman–Crippen LogP) is 4.50. The molecule has 0 aliphatic heterocycles. The molecule has 0 fully saturated rings. The number of nitrogens with one attached hydrogen (secondary N) is 1. The largest absolute Gasteiger partial charge is 0.277 e. The smallest absolute Gasteiger partial charge is 0.0959 e. The van der Waals surface area contributed by atoms with Crippen LogP contribution in [-0.2, 0) is 12.8 Å². The molecule has 3 heteroatoms. The van der Waals surface area contributed by atoms with E-state index in [1.165, 1.54) is 16.7 Å². The summed E-state index contributed by atoms with van der Waals surface area (Å²) in [5.74, 6) is 0. The zero-order valence-corrected chi connectivity index (χ0v) is 11.6. The molecule has 98 valence electrons. The first-order valence-electron chi connectivity index (χ1n) is 6.74. The van der Waals surface area contributed by atoms with Gasteiger partial charge in [0.15, 0.2) is 0 Å². The van der Waals surface area contributed by atoms with Crippen LogP contribution >= 0.6 is 11.6 Å². The molecule has 1 aliphatic rings. The molecule has 4 rings (SSSR count). The van der Waals surface area contributed by atoms with Crippen LogP contribution in [0.2, 0.25) is 5.02 Å². The van der Waals surface area contributed by atoms with E-state index in [2.05, 4.69) is 40.5 Å². The second kappa shape index (κ2) is 4.50. The molecule has 0 spiro atoms. The van der Waals surface area contributed by atoms with Crippen LogP contribution in [0.5, 0.6) is 0 Å². The molecule has 0 bridgehead atoms. The summed E-state index contributed by atoms with van der Waals surface area (Å²) >= 11 is 6.09. The van der Waals surface area contributed by atoms with E-state index in [1.54, 1.807) is 0 Å². The van der Waals surface area contributed by atoms with E-state index < -0.39 is 0 Å². The average Bonchev–Trinajstić information content (AvgIpc) is 2.91. The van der Waals surface area contributed by atoms with Gasteiger partial charge in [-0.3, -0.25) is 5.10 Å². The number of rotatable bonds is 1. The van der Waals surface area contributed by atoms with Crippen molar-refractivity contribution in [2.75, 3.05) is 0 Å². The third-order valence-corrected chi connectivity index (χ3v) is 4.13. The van der Waals surface area contributed by atoms with Crippen molar-refractivity contribution in [2.45, 2.75) is 12.8 Å². The number of nitrogens with zero attached hydrogens (tertiary/aromatic N) is 1. The summed E-state index contributed by atoms with van der Waals surface area (Å²) in [5.41, 5.74) is 7.22. The molecule has 3 aromatic rings. The molecule has 0 amide bonds. The maximum absolute atomic E-state index is 6.09. The van der Waals surface area contributed by atoms with E-state index in [9.17, 15) is 0 Å². The Bertz CT molecular complexity index is 789. The van der Waals surface area contributed by atoms with Crippen molar-refractivity contribution in [3.63, 3.8) is 0 Å². The van der Waals surface area contributed by atoms with Gasteiger partial charge in [0.2, 0.25) is 0 Å². The molecule has 0 saturated carbocycles. The van der Waals surface area contributed by atoms with Crippen LogP contribution < -0.4 is 0 Å². The number of aromatic amines is 1. The maximum Gasteiger partial charge on any atom is 0.0959 e. The Kier molecular flexibility index (Phi) is 2.64. The van der Waals surface area contributed by atoms with Gasteiger partial charge in [0.25, 0.3) is 0 Å². The summed E-state index contributed by atoms with van der Waals surface area (Å²) in [6.45, 7) is 0. The highest BCUT2D eigenvalue weighted by molar-refractivity contribution is 6.30. The normalized spacial score (nSPS) is 12.8. The number of H-pyrrole nitrogens is 1. The highest BCUT2D eigenvalue weighted by Crippen LogP contribution is 2.37. The van der Waals surface area contributed by atoms with Crippen LogP contribution in [-0.4, -0.2) is 10.2 Å². The molecule has 0 radical (unpaired) electrons. The van der Waals surface area contributed by atoms with Gasteiger partial charge in [-0.15, -0.1) is 0 Å². The van der Waals surface area contributed by atoms with Crippen LogP contribution in [0.3, 0.4) is 0 Å². The number of benzene rings is 2. The minimum Gasteiger partial charge on any atom is -0.277 e. The SMILES string of the molecule is Clc1cccc(-c2n[nH]c3c2CCc2ccccc2-3)c1. The molecule has 1 heterocycles. The Morgan fingerprint density at radius 2 is 1.90 bits per heavy atom. The van der Waals surface area contributed by atoms with E-state index >= 15 is 0 Å². The van der Waals surface area contributed by atoms with Gasteiger partial charge in [0.05, 0.1) is 11.4 Å². The molecule has 0 unspecified atom stereocenters. The number of fused-ring (bicyclic) bond motifs is 3. The Morgan fingerprint density at radius 3 is 2.80 bits per heavy atom. The Hall–Kier alpha value is -2.06. The van der Waals surface area contributed by atoms with Gasteiger partial charge in [-0.2, -0.15) is 5.10 Å². The van der Waals surface area contributed by atoms with E-state index in [-0.39, 0.29) is 0 Å². The summed E-state index contributed by atoms with van der Waals surface area (Å²) in [6.07, 6.45) is 2.08. The first-order chi connectivity index (χ1) is 9.83. The molecule has 1 N–H and O–H groups in total. The van der Waals surface area contributed by atoms with Crippen LogP contribution in [0, 0.1) is 0 Å². The molecule has 0 atom stereocenters. The summed E-state index contributed by atoms with van der Waals surface area (Å²) in [4.78, 5) is 0. The summed E-state index contributed by atoms with van der Waals surface area (Å²) < 4.78 is 0. The van der Waals surface area contributed by atoms with Gasteiger partial charge in [0.1, 0.15) is 0 Å². The Morgan fingerprint density at radius 1 is 1.00 bits per heavy atom.